The lowest BCUT2D eigenvalue weighted by atomic mass is 9.87. The van der Waals surface area contributed by atoms with E-state index < -0.39 is 43.4 Å². The zero-order chi connectivity index (χ0) is 29.4. The van der Waals surface area contributed by atoms with Gasteiger partial charge in [0, 0.05) is 50.0 Å². The Morgan fingerprint density at radius 1 is 1.17 bits per heavy atom. The van der Waals surface area contributed by atoms with Crippen LogP contribution in [-0.2, 0) is 20.8 Å². The summed E-state index contributed by atoms with van der Waals surface area (Å²) in [7, 11) is 0. The second-order valence-electron chi connectivity index (χ2n) is 10.3. The van der Waals surface area contributed by atoms with Gasteiger partial charge in [-0.15, -0.1) is 0 Å². The minimum Gasteiger partial charge on any atom is -0.508 e. The largest absolute Gasteiger partial charge is 0.508 e. The van der Waals surface area contributed by atoms with Crippen LogP contribution >= 0.6 is 11.6 Å². The molecule has 41 heavy (non-hydrogen) atoms. The molecule has 3 aliphatic heterocycles. The van der Waals surface area contributed by atoms with E-state index >= 15 is 0 Å². The van der Waals surface area contributed by atoms with Crippen LogP contribution in [0.3, 0.4) is 0 Å². The number of phenols is 1. The molecule has 14 heteroatoms. The van der Waals surface area contributed by atoms with Gasteiger partial charge in [0.25, 0.3) is 5.91 Å². The average molecular weight is 601 g/mol. The van der Waals surface area contributed by atoms with Gasteiger partial charge in [-0.1, -0.05) is 11.6 Å². The van der Waals surface area contributed by atoms with Crippen molar-refractivity contribution in [3.05, 3.63) is 52.5 Å². The summed E-state index contributed by atoms with van der Waals surface area (Å²) >= 11 is 6.11. The third-order valence-corrected chi connectivity index (χ3v) is 7.48. The minimum atomic E-state index is -5.17. The first-order chi connectivity index (χ1) is 19.4. The number of piperidine rings is 1. The highest BCUT2D eigenvalue weighted by Crippen LogP contribution is 2.42. The Balaban J connectivity index is 1.12. The van der Waals surface area contributed by atoms with Gasteiger partial charge in [0.1, 0.15) is 48.3 Å². The van der Waals surface area contributed by atoms with Crippen molar-refractivity contribution in [2.75, 3.05) is 39.4 Å². The molecule has 10 nitrogen and oxygen atoms in total. The number of hydrogen-bond acceptors (Lipinski definition) is 9. The van der Waals surface area contributed by atoms with Crippen LogP contribution in [0.4, 0.5) is 13.2 Å². The summed E-state index contributed by atoms with van der Waals surface area (Å²) in [6, 6.07) is 9.29. The molecule has 2 aromatic carbocycles. The summed E-state index contributed by atoms with van der Waals surface area (Å²) in [6.07, 6.45) is -5.08. The Kier molecular flexibility index (Phi) is 8.24. The molecule has 1 spiro atoms. The maximum absolute atomic E-state index is 13.0. The number of hydrogen-bond donors (Lipinski definition) is 2. The van der Waals surface area contributed by atoms with E-state index in [9.17, 15) is 33.0 Å². The highest BCUT2D eigenvalue weighted by atomic mass is 35.5. The first-order valence-corrected chi connectivity index (χ1v) is 13.3. The molecule has 3 heterocycles. The first-order valence-electron chi connectivity index (χ1n) is 13.0. The second-order valence-corrected chi connectivity index (χ2v) is 10.8. The van der Waals surface area contributed by atoms with Crippen molar-refractivity contribution in [3.8, 4) is 17.2 Å². The van der Waals surface area contributed by atoms with Crippen molar-refractivity contribution in [2.45, 2.75) is 43.2 Å². The number of likely N-dealkylation sites (tertiary alicyclic amines) is 1. The molecule has 0 aliphatic carbocycles. The predicted molar refractivity (Wildman–Crippen MR) is 137 cm³/mol. The summed E-state index contributed by atoms with van der Waals surface area (Å²) < 4.78 is 53.7. The molecule has 0 unspecified atom stereocenters. The molecule has 5 rings (SSSR count). The molecule has 0 aromatic heterocycles. The Morgan fingerprint density at radius 2 is 1.93 bits per heavy atom. The monoisotopic (exact) mass is 600 g/mol. The summed E-state index contributed by atoms with van der Waals surface area (Å²) in [5, 5.41) is 22.0. The number of aliphatic hydroxyl groups is 1. The van der Waals surface area contributed by atoms with Gasteiger partial charge in [0.2, 0.25) is 0 Å². The number of esters is 1. The third-order valence-electron chi connectivity index (χ3n) is 7.24. The van der Waals surface area contributed by atoms with Gasteiger partial charge in [0.05, 0.1) is 12.1 Å². The van der Waals surface area contributed by atoms with E-state index in [1.54, 1.807) is 6.07 Å². The molecule has 2 atom stereocenters. The number of aromatic hydroxyl groups is 1. The lowest BCUT2D eigenvalue weighted by molar-refractivity contribution is -0.204. The SMILES string of the molecule is O=C(c1ccc(O)cc1OC[C@@H](O)CN1CCC2(CC1)Cc1cc(Cl)ccc1O2)N1C[C@H](OC(=O)C(F)(F)F)CO1. The zero-order valence-corrected chi connectivity index (χ0v) is 22.5. The Morgan fingerprint density at radius 3 is 2.66 bits per heavy atom. The van der Waals surface area contributed by atoms with Gasteiger partial charge in [0.15, 0.2) is 0 Å². The summed E-state index contributed by atoms with van der Waals surface area (Å²) in [6.45, 7) is 0.628. The fourth-order valence-electron chi connectivity index (χ4n) is 5.20. The van der Waals surface area contributed by atoms with Crippen LogP contribution < -0.4 is 9.47 Å². The molecule has 1 amide bonds. The van der Waals surface area contributed by atoms with Crippen molar-refractivity contribution < 1.29 is 52.0 Å². The molecule has 2 N–H and O–H groups in total. The van der Waals surface area contributed by atoms with Crippen LogP contribution in [0.1, 0.15) is 28.8 Å². The normalized spacial score (nSPS) is 20.9. The number of benzene rings is 2. The number of hydroxylamine groups is 2. The topological polar surface area (TPSA) is 118 Å². The molecule has 0 bridgehead atoms. The fraction of sp³-hybridized carbons (Fsp3) is 0.481. The molecule has 2 fully saturated rings. The van der Waals surface area contributed by atoms with E-state index in [1.807, 2.05) is 12.1 Å². The lowest BCUT2D eigenvalue weighted by Crippen LogP contribution is -2.49. The average Bonchev–Trinajstić information content (AvgIpc) is 3.52. The van der Waals surface area contributed by atoms with Crippen molar-refractivity contribution >= 4 is 23.5 Å². The third kappa shape index (κ3) is 6.80. The molecule has 2 saturated heterocycles. The first kappa shape index (κ1) is 29.2. The van der Waals surface area contributed by atoms with Crippen LogP contribution in [-0.4, -0.2) is 95.4 Å². The van der Waals surface area contributed by atoms with Gasteiger partial charge in [-0.2, -0.15) is 13.2 Å². The lowest BCUT2D eigenvalue weighted by Gasteiger charge is -2.39. The van der Waals surface area contributed by atoms with Crippen molar-refractivity contribution in [3.63, 3.8) is 0 Å². The van der Waals surface area contributed by atoms with E-state index in [2.05, 4.69) is 9.64 Å². The van der Waals surface area contributed by atoms with Gasteiger partial charge < -0.3 is 29.3 Å². The number of β-amino-alcohol motifs (C(OH)–C–C–N with tert-alkyl or cyclic N) is 1. The quantitative estimate of drug-likeness (QED) is 0.462. The molecule has 0 saturated carbocycles. The highest BCUT2D eigenvalue weighted by Gasteiger charge is 2.44. The van der Waals surface area contributed by atoms with Crippen molar-refractivity contribution in [1.82, 2.24) is 9.96 Å². The molecule has 3 aliphatic rings. The Bertz CT molecular complexity index is 1300. The summed E-state index contributed by atoms with van der Waals surface area (Å²) in [4.78, 5) is 31.3. The number of nitrogens with zero attached hydrogens (tertiary/aromatic N) is 2. The van der Waals surface area contributed by atoms with Crippen molar-refractivity contribution in [2.24, 2.45) is 0 Å². The van der Waals surface area contributed by atoms with E-state index in [-0.39, 0.29) is 29.3 Å². The number of ether oxygens (including phenoxy) is 3. The number of carbonyl (C=O) groups excluding carboxylic acids is 2. The Labute approximate surface area is 238 Å². The number of phenolic OH excluding ortho intramolecular Hbond substituents is 1. The van der Waals surface area contributed by atoms with E-state index in [1.165, 1.54) is 18.2 Å². The summed E-state index contributed by atoms with van der Waals surface area (Å²) in [5.74, 6) is -2.56. The zero-order valence-electron chi connectivity index (χ0n) is 21.7. The minimum absolute atomic E-state index is 0.0539. The standard InChI is InChI=1S/C27H28ClF3N2O8/c28-17-1-4-22-16(9-17)11-26(41-22)5-7-32(8-6-26)12-19(35)14-38-23-10-18(34)2-3-21(23)24(36)33-13-20(15-39-33)40-25(37)27(29,30)31/h1-4,9-10,19-20,34-35H,5-8,11-15H2/t19-,20-/m0/s1. The number of halogens is 4. The Hall–Kier alpha value is -3.26. The van der Waals surface area contributed by atoms with E-state index in [4.69, 9.17) is 25.9 Å². The molecular formula is C27H28ClF3N2O8. The van der Waals surface area contributed by atoms with Crippen molar-refractivity contribution in [1.29, 1.82) is 0 Å². The molecular weight excluding hydrogens is 573 g/mol. The summed E-state index contributed by atoms with van der Waals surface area (Å²) in [5.41, 5.74) is 0.743. The number of fused-ring (bicyclic) bond motifs is 1. The van der Waals surface area contributed by atoms with Crippen LogP contribution in [0.25, 0.3) is 0 Å². The number of carbonyl (C=O) groups is 2. The molecule has 0 radical (unpaired) electrons. The number of rotatable bonds is 7. The van der Waals surface area contributed by atoms with Gasteiger partial charge in [-0.05, 0) is 35.9 Å². The van der Waals surface area contributed by atoms with Crippen LogP contribution in [0, 0.1) is 0 Å². The maximum Gasteiger partial charge on any atom is 0.490 e. The second kappa shape index (κ2) is 11.6. The molecule has 2 aromatic rings. The van der Waals surface area contributed by atoms with Gasteiger partial charge >= 0.3 is 12.1 Å². The van der Waals surface area contributed by atoms with E-state index in [0.29, 0.717) is 24.7 Å². The molecule has 222 valence electrons. The highest BCUT2D eigenvalue weighted by molar-refractivity contribution is 6.30. The fourth-order valence-corrected chi connectivity index (χ4v) is 5.39. The van der Waals surface area contributed by atoms with Crippen LogP contribution in [0.5, 0.6) is 17.2 Å². The van der Waals surface area contributed by atoms with Gasteiger partial charge in [-0.3, -0.25) is 9.63 Å². The van der Waals surface area contributed by atoms with Crippen LogP contribution in [0.2, 0.25) is 5.02 Å². The van der Waals surface area contributed by atoms with Gasteiger partial charge in [-0.25, -0.2) is 9.86 Å². The number of amides is 1. The van der Waals surface area contributed by atoms with E-state index in [0.717, 1.165) is 35.6 Å². The maximum atomic E-state index is 13.0. The number of alkyl halides is 3. The smallest absolute Gasteiger partial charge is 0.490 e. The number of aliphatic hydroxyl groups excluding tert-OH is 1. The predicted octanol–water partition coefficient (Wildman–Crippen LogP) is 3.12. The van der Waals surface area contributed by atoms with Crippen LogP contribution in [0.15, 0.2) is 36.4 Å².